The Kier molecular flexibility index (Phi) is 3.40. The fraction of sp³-hybridized carbons (Fsp3) is 0.917. The Balaban J connectivity index is 2.02. The van der Waals surface area contributed by atoms with E-state index in [0.29, 0.717) is 19.3 Å². The lowest BCUT2D eigenvalue weighted by molar-refractivity contribution is -0.215. The lowest BCUT2D eigenvalue weighted by atomic mass is 9.97. The van der Waals surface area contributed by atoms with Crippen LogP contribution < -0.4 is 0 Å². The van der Waals surface area contributed by atoms with Gasteiger partial charge >= 0.3 is 5.97 Å². The third kappa shape index (κ3) is 2.59. The van der Waals surface area contributed by atoms with Gasteiger partial charge in [0.2, 0.25) is 0 Å². The highest BCUT2D eigenvalue weighted by Gasteiger charge is 2.49. The third-order valence-electron chi connectivity index (χ3n) is 3.52. The summed E-state index contributed by atoms with van der Waals surface area (Å²) < 4.78 is 5.47. The minimum Gasteiger partial charge on any atom is -0.460 e. The van der Waals surface area contributed by atoms with Gasteiger partial charge in [-0.25, -0.2) is 0 Å². The topological polar surface area (TPSA) is 49.4 Å². The summed E-state index contributed by atoms with van der Waals surface area (Å²) in [6.45, 7) is 5.45. The van der Waals surface area contributed by atoms with Gasteiger partial charge in [-0.3, -0.25) is 4.79 Å². The maximum atomic E-state index is 11.8. The number of ether oxygens (including phenoxy) is 1. The monoisotopic (exact) mass is 260 g/mol. The van der Waals surface area contributed by atoms with Gasteiger partial charge < -0.3 is 4.74 Å². The molecule has 97 valence electrons. The molecule has 0 N–H and O–H groups in total. The van der Waals surface area contributed by atoms with Gasteiger partial charge in [0.25, 0.3) is 0 Å². The van der Waals surface area contributed by atoms with Crippen LogP contribution in [0.4, 0.5) is 0 Å². The van der Waals surface area contributed by atoms with Crippen LogP contribution in [0.5, 0.6) is 0 Å². The summed E-state index contributed by atoms with van der Waals surface area (Å²) in [6.07, 6.45) is 1.65. The maximum Gasteiger partial charge on any atom is 0.311 e. The van der Waals surface area contributed by atoms with Crippen molar-refractivity contribution >= 4 is 17.6 Å². The summed E-state index contributed by atoms with van der Waals surface area (Å²) in [4.78, 5) is 11.8. The molecular formula is C12H19ClNO3. The third-order valence-corrected chi connectivity index (χ3v) is 3.87. The van der Waals surface area contributed by atoms with Crippen molar-refractivity contribution in [3.8, 4) is 0 Å². The van der Waals surface area contributed by atoms with Crippen LogP contribution in [-0.2, 0) is 14.7 Å². The van der Waals surface area contributed by atoms with E-state index in [4.69, 9.17) is 16.3 Å². The molecule has 0 aromatic rings. The molecule has 2 bridgehead atoms. The summed E-state index contributed by atoms with van der Waals surface area (Å²) in [5, 5.41) is 13.0. The van der Waals surface area contributed by atoms with Crippen LogP contribution in [0.2, 0.25) is 0 Å². The molecule has 0 spiro atoms. The van der Waals surface area contributed by atoms with Crippen LogP contribution in [0.3, 0.4) is 0 Å². The Morgan fingerprint density at radius 3 is 2.53 bits per heavy atom. The van der Waals surface area contributed by atoms with E-state index in [1.807, 2.05) is 20.8 Å². The molecule has 2 heterocycles. The number of carbonyl (C=O) groups is 1. The molecule has 4 atom stereocenters. The number of rotatable bonds is 1. The average molecular weight is 261 g/mol. The first-order chi connectivity index (χ1) is 7.79. The molecule has 0 aliphatic carbocycles. The zero-order valence-electron chi connectivity index (χ0n) is 10.5. The number of fused-ring (bicyclic) bond motifs is 2. The maximum absolute atomic E-state index is 11.8. The van der Waals surface area contributed by atoms with Crippen LogP contribution in [0.15, 0.2) is 0 Å². The molecule has 1 radical (unpaired) electrons. The molecule has 2 rings (SSSR count). The Morgan fingerprint density at radius 2 is 1.94 bits per heavy atom. The summed E-state index contributed by atoms with van der Waals surface area (Å²) in [7, 11) is 0. The van der Waals surface area contributed by atoms with E-state index in [-0.39, 0.29) is 29.5 Å². The van der Waals surface area contributed by atoms with Crippen LogP contribution >= 0.6 is 11.6 Å². The molecule has 5 heteroatoms. The van der Waals surface area contributed by atoms with Gasteiger partial charge in [-0.2, -0.15) is 0 Å². The van der Waals surface area contributed by atoms with Gasteiger partial charge in [0.15, 0.2) is 0 Å². The molecule has 2 aliphatic heterocycles. The van der Waals surface area contributed by atoms with Crippen LogP contribution in [-0.4, -0.2) is 34.6 Å². The lowest BCUT2D eigenvalue weighted by Crippen LogP contribution is -2.43. The van der Waals surface area contributed by atoms with Gasteiger partial charge in [0.05, 0.1) is 11.5 Å². The number of alkyl halides is 1. The van der Waals surface area contributed by atoms with Gasteiger partial charge in [0.1, 0.15) is 6.10 Å². The molecule has 0 unspecified atom stereocenters. The van der Waals surface area contributed by atoms with Crippen molar-refractivity contribution < 1.29 is 14.7 Å². The zero-order chi connectivity index (χ0) is 12.8. The highest BCUT2D eigenvalue weighted by atomic mass is 35.5. The highest BCUT2D eigenvalue weighted by molar-refractivity contribution is 6.20. The van der Waals surface area contributed by atoms with Crippen molar-refractivity contribution in [3.05, 3.63) is 0 Å². The van der Waals surface area contributed by atoms with E-state index < -0.39 is 5.41 Å². The number of hydrogen-bond acceptors (Lipinski definition) is 3. The van der Waals surface area contributed by atoms with Crippen molar-refractivity contribution in [1.29, 1.82) is 0 Å². The van der Waals surface area contributed by atoms with E-state index in [9.17, 15) is 10.0 Å². The van der Waals surface area contributed by atoms with E-state index in [1.54, 1.807) is 0 Å². The second kappa shape index (κ2) is 4.41. The molecule has 4 nitrogen and oxygen atoms in total. The van der Waals surface area contributed by atoms with E-state index in [0.717, 1.165) is 5.06 Å². The van der Waals surface area contributed by atoms with Crippen LogP contribution in [0, 0.1) is 5.41 Å². The number of carbonyl (C=O) groups excluding carboxylic acids is 1. The van der Waals surface area contributed by atoms with E-state index >= 15 is 0 Å². The second-order valence-corrected chi connectivity index (χ2v) is 6.70. The number of hydroxylamine groups is 2. The minimum absolute atomic E-state index is 0.0357. The van der Waals surface area contributed by atoms with E-state index in [2.05, 4.69) is 0 Å². The first kappa shape index (κ1) is 13.1. The zero-order valence-corrected chi connectivity index (χ0v) is 11.2. The molecule has 0 aromatic carbocycles. The molecule has 0 amide bonds. The van der Waals surface area contributed by atoms with Gasteiger partial charge in [-0.1, -0.05) is 0 Å². The summed E-state index contributed by atoms with van der Waals surface area (Å²) in [5.41, 5.74) is -0.523. The summed E-state index contributed by atoms with van der Waals surface area (Å²) in [5.74, 6) is -0.241. The van der Waals surface area contributed by atoms with Crippen molar-refractivity contribution in [2.24, 2.45) is 5.41 Å². The SMILES string of the molecule is CC(C)(C)C(=O)O[C@@H]1C[C@H]2C[C@H](Cl)C[C@@H]1N2[O]. The summed E-state index contributed by atoms with van der Waals surface area (Å²) in [6, 6.07) is -0.323. The first-order valence-electron chi connectivity index (χ1n) is 6.09. The quantitative estimate of drug-likeness (QED) is 0.536. The number of piperidine rings is 1. The average Bonchev–Trinajstić information content (AvgIpc) is 2.40. The predicted molar refractivity (Wildman–Crippen MR) is 62.9 cm³/mol. The largest absolute Gasteiger partial charge is 0.460 e. The van der Waals surface area contributed by atoms with Gasteiger partial charge in [0, 0.05) is 17.8 Å². The van der Waals surface area contributed by atoms with Crippen LogP contribution in [0.25, 0.3) is 0 Å². The van der Waals surface area contributed by atoms with Crippen molar-refractivity contribution in [2.75, 3.05) is 0 Å². The van der Waals surface area contributed by atoms with Gasteiger partial charge in [-0.05, 0) is 33.6 Å². The van der Waals surface area contributed by atoms with Gasteiger partial charge in [-0.15, -0.1) is 21.9 Å². The molecule has 17 heavy (non-hydrogen) atoms. The molecule has 2 aliphatic rings. The molecule has 0 aromatic heterocycles. The molecular weight excluding hydrogens is 242 g/mol. The molecule has 2 saturated heterocycles. The van der Waals surface area contributed by atoms with Crippen LogP contribution in [0.1, 0.15) is 40.0 Å². The predicted octanol–water partition coefficient (Wildman–Crippen LogP) is 2.13. The van der Waals surface area contributed by atoms with Crippen molar-refractivity contribution in [1.82, 2.24) is 5.06 Å². The fourth-order valence-corrected chi connectivity index (χ4v) is 2.90. The second-order valence-electron chi connectivity index (χ2n) is 6.08. The standard InChI is InChI=1S/C12H19ClNO3/c1-12(2,3)11(15)17-10-6-8-4-7(13)5-9(10)14(8)16/h7-10H,4-6H2,1-3H3/t7-,8+,9-,10+/m0/s1. The number of nitrogens with zero attached hydrogens (tertiary/aromatic N) is 1. The minimum atomic E-state index is -0.523. The normalized spacial score (nSPS) is 38.2. The van der Waals surface area contributed by atoms with E-state index in [1.165, 1.54) is 0 Å². The van der Waals surface area contributed by atoms with Crippen molar-refractivity contribution in [3.63, 3.8) is 0 Å². The van der Waals surface area contributed by atoms with Crippen molar-refractivity contribution in [2.45, 2.75) is 63.6 Å². The lowest BCUT2D eigenvalue weighted by Gasteiger charge is -2.31. The Labute approximate surface area is 107 Å². The number of esters is 1. The smallest absolute Gasteiger partial charge is 0.311 e. The molecule has 0 saturated carbocycles. The number of halogens is 1. The highest BCUT2D eigenvalue weighted by Crippen LogP contribution is 2.39. The number of hydrogen-bond donors (Lipinski definition) is 0. The first-order valence-corrected chi connectivity index (χ1v) is 6.53. The Bertz CT molecular complexity index is 315. The Hall–Kier alpha value is -0.320. The Morgan fingerprint density at radius 1 is 1.29 bits per heavy atom. The fourth-order valence-electron chi connectivity index (χ4n) is 2.51. The summed E-state index contributed by atoms with van der Waals surface area (Å²) >= 11 is 6.10. The molecule has 2 fully saturated rings.